The standard InChI is InChI=1S/C23H28FN5O3/c1-3-29-21(31)19-18(20(30)25-12-15-8-4-7-11-17(15)24)26-14-28(19)13-23(29,2)22(32)27-16-9-5-6-10-16/h4,7-8,11,14,16H,3,5-6,9-10,12-13H2,1-2H3,(H,25,30)(H,27,32)/t23-/m1/s1. The maximum atomic E-state index is 13.9. The van der Waals surface area contributed by atoms with Gasteiger partial charge in [-0.1, -0.05) is 31.0 Å². The Hall–Kier alpha value is -3.23. The van der Waals surface area contributed by atoms with Crippen LogP contribution in [0.25, 0.3) is 0 Å². The lowest BCUT2D eigenvalue weighted by Crippen LogP contribution is -2.64. The number of hydrogen-bond donors (Lipinski definition) is 2. The highest BCUT2D eigenvalue weighted by atomic mass is 19.1. The number of nitrogens with one attached hydrogen (secondary N) is 2. The van der Waals surface area contributed by atoms with E-state index in [-0.39, 0.29) is 36.4 Å². The van der Waals surface area contributed by atoms with E-state index >= 15 is 0 Å². The van der Waals surface area contributed by atoms with Crippen LogP contribution in [0.3, 0.4) is 0 Å². The van der Waals surface area contributed by atoms with Crippen molar-refractivity contribution >= 4 is 17.7 Å². The number of benzene rings is 1. The summed E-state index contributed by atoms with van der Waals surface area (Å²) in [6, 6.07) is 6.29. The van der Waals surface area contributed by atoms with Gasteiger partial charge in [0.25, 0.3) is 11.8 Å². The number of carbonyl (C=O) groups excluding carboxylic acids is 3. The molecule has 0 saturated heterocycles. The van der Waals surface area contributed by atoms with Gasteiger partial charge >= 0.3 is 0 Å². The first-order chi connectivity index (χ1) is 15.3. The third kappa shape index (κ3) is 3.87. The molecule has 1 saturated carbocycles. The van der Waals surface area contributed by atoms with Crippen LogP contribution in [0.1, 0.15) is 66.1 Å². The van der Waals surface area contributed by atoms with Gasteiger partial charge in [-0.3, -0.25) is 14.4 Å². The van der Waals surface area contributed by atoms with Crippen LogP contribution in [-0.2, 0) is 17.9 Å². The monoisotopic (exact) mass is 441 g/mol. The third-order valence-electron chi connectivity index (χ3n) is 6.47. The number of halogens is 1. The van der Waals surface area contributed by atoms with E-state index in [9.17, 15) is 18.8 Å². The van der Waals surface area contributed by atoms with Gasteiger partial charge in [-0.15, -0.1) is 0 Å². The van der Waals surface area contributed by atoms with Gasteiger partial charge in [-0.2, -0.15) is 0 Å². The molecule has 2 aromatic rings. The van der Waals surface area contributed by atoms with Crippen molar-refractivity contribution in [2.45, 2.75) is 64.2 Å². The van der Waals surface area contributed by atoms with Crippen LogP contribution in [0.5, 0.6) is 0 Å². The number of fused-ring (bicyclic) bond motifs is 1. The van der Waals surface area contributed by atoms with Gasteiger partial charge in [-0.05, 0) is 32.8 Å². The van der Waals surface area contributed by atoms with E-state index in [2.05, 4.69) is 15.6 Å². The number of amides is 3. The first-order valence-corrected chi connectivity index (χ1v) is 11.0. The first kappa shape index (κ1) is 22.0. The fourth-order valence-electron chi connectivity index (χ4n) is 4.66. The number of carbonyl (C=O) groups is 3. The zero-order valence-electron chi connectivity index (χ0n) is 18.4. The number of likely N-dealkylation sites (N-methyl/N-ethyl adjacent to an activating group) is 1. The first-order valence-electron chi connectivity index (χ1n) is 11.0. The molecule has 2 N–H and O–H groups in total. The van der Waals surface area contributed by atoms with Gasteiger partial charge in [0.15, 0.2) is 5.69 Å². The molecule has 1 aromatic carbocycles. The van der Waals surface area contributed by atoms with E-state index < -0.39 is 23.2 Å². The molecule has 0 spiro atoms. The summed E-state index contributed by atoms with van der Waals surface area (Å²) in [5.41, 5.74) is -0.623. The molecule has 8 nitrogen and oxygen atoms in total. The minimum atomic E-state index is -1.08. The van der Waals surface area contributed by atoms with Gasteiger partial charge < -0.3 is 20.1 Å². The number of aromatic nitrogens is 2. The largest absolute Gasteiger partial charge is 0.351 e. The highest BCUT2D eigenvalue weighted by Gasteiger charge is 2.48. The number of hydrogen-bond acceptors (Lipinski definition) is 4. The van der Waals surface area contributed by atoms with Crippen LogP contribution < -0.4 is 10.6 Å². The molecule has 0 bridgehead atoms. The van der Waals surface area contributed by atoms with Crippen LogP contribution in [0.15, 0.2) is 30.6 Å². The van der Waals surface area contributed by atoms with Crippen molar-refractivity contribution in [2.24, 2.45) is 0 Å². The molecule has 1 atom stereocenters. The lowest BCUT2D eigenvalue weighted by Gasteiger charge is -2.43. The molecule has 1 aliphatic carbocycles. The Bertz CT molecular complexity index is 1050. The van der Waals surface area contributed by atoms with E-state index in [1.54, 1.807) is 29.7 Å². The summed E-state index contributed by atoms with van der Waals surface area (Å²) in [5.74, 6) is -1.59. The molecule has 1 aliphatic heterocycles. The topological polar surface area (TPSA) is 96.3 Å². The summed E-state index contributed by atoms with van der Waals surface area (Å²) in [6.07, 6.45) is 5.50. The van der Waals surface area contributed by atoms with Crippen molar-refractivity contribution in [3.63, 3.8) is 0 Å². The van der Waals surface area contributed by atoms with Gasteiger partial charge in [-0.25, -0.2) is 9.37 Å². The SMILES string of the molecule is CCN1C(=O)c2c(C(=O)NCc3ccccc3F)ncn2C[C@]1(C)C(=O)NC1CCCC1. The average molecular weight is 442 g/mol. The summed E-state index contributed by atoms with van der Waals surface area (Å²) < 4.78 is 15.4. The Labute approximate surface area is 186 Å². The van der Waals surface area contributed by atoms with Crippen molar-refractivity contribution in [3.05, 3.63) is 53.4 Å². The van der Waals surface area contributed by atoms with Crippen LogP contribution in [0.4, 0.5) is 4.39 Å². The van der Waals surface area contributed by atoms with Gasteiger partial charge in [0.05, 0.1) is 12.9 Å². The molecule has 3 amide bonds. The molecule has 2 aliphatic rings. The van der Waals surface area contributed by atoms with Gasteiger partial charge in [0.2, 0.25) is 5.91 Å². The smallest absolute Gasteiger partial charge is 0.273 e. The zero-order chi connectivity index (χ0) is 22.9. The van der Waals surface area contributed by atoms with Crippen molar-refractivity contribution < 1.29 is 18.8 Å². The minimum Gasteiger partial charge on any atom is -0.351 e. The zero-order valence-corrected chi connectivity index (χ0v) is 18.4. The molecule has 170 valence electrons. The molecule has 4 rings (SSSR count). The Balaban J connectivity index is 1.55. The summed E-state index contributed by atoms with van der Waals surface area (Å²) >= 11 is 0. The van der Waals surface area contributed by atoms with Crippen LogP contribution in [0, 0.1) is 5.82 Å². The van der Waals surface area contributed by atoms with Gasteiger partial charge in [0, 0.05) is 24.7 Å². The second kappa shape index (κ2) is 8.72. The number of rotatable bonds is 6. The van der Waals surface area contributed by atoms with Gasteiger partial charge in [0.1, 0.15) is 17.1 Å². The van der Waals surface area contributed by atoms with E-state index in [1.807, 2.05) is 6.92 Å². The molecule has 1 aromatic heterocycles. The van der Waals surface area contributed by atoms with E-state index in [0.29, 0.717) is 12.1 Å². The predicted molar refractivity (Wildman–Crippen MR) is 115 cm³/mol. The molecular formula is C23H28FN5O3. The van der Waals surface area contributed by atoms with E-state index in [4.69, 9.17) is 0 Å². The van der Waals surface area contributed by atoms with Crippen LogP contribution >= 0.6 is 0 Å². The van der Waals surface area contributed by atoms with Crippen molar-refractivity contribution in [3.8, 4) is 0 Å². The number of imidazole rings is 1. The van der Waals surface area contributed by atoms with Crippen molar-refractivity contribution in [1.29, 1.82) is 0 Å². The highest BCUT2D eigenvalue weighted by molar-refractivity contribution is 6.07. The third-order valence-corrected chi connectivity index (χ3v) is 6.47. The Morgan fingerprint density at radius 3 is 2.66 bits per heavy atom. The highest BCUT2D eigenvalue weighted by Crippen LogP contribution is 2.29. The normalized spacial score (nSPS) is 20.8. The molecule has 0 radical (unpaired) electrons. The maximum absolute atomic E-state index is 13.9. The summed E-state index contributed by atoms with van der Waals surface area (Å²) in [4.78, 5) is 45.0. The summed E-state index contributed by atoms with van der Waals surface area (Å²) in [6.45, 7) is 4.05. The fourth-order valence-corrected chi connectivity index (χ4v) is 4.66. The second-order valence-electron chi connectivity index (χ2n) is 8.62. The Morgan fingerprint density at radius 1 is 1.25 bits per heavy atom. The van der Waals surface area contributed by atoms with Crippen molar-refractivity contribution in [2.75, 3.05) is 6.54 Å². The Morgan fingerprint density at radius 2 is 1.97 bits per heavy atom. The average Bonchev–Trinajstić information content (AvgIpc) is 3.43. The summed E-state index contributed by atoms with van der Waals surface area (Å²) in [5, 5.41) is 5.73. The quantitative estimate of drug-likeness (QED) is 0.719. The van der Waals surface area contributed by atoms with Crippen LogP contribution in [-0.4, -0.2) is 50.3 Å². The van der Waals surface area contributed by atoms with E-state index in [1.165, 1.54) is 17.3 Å². The number of nitrogens with zero attached hydrogens (tertiary/aromatic N) is 3. The van der Waals surface area contributed by atoms with E-state index in [0.717, 1.165) is 25.7 Å². The molecular weight excluding hydrogens is 413 g/mol. The molecule has 32 heavy (non-hydrogen) atoms. The minimum absolute atomic E-state index is 0.0228. The molecule has 0 unspecified atom stereocenters. The lowest BCUT2D eigenvalue weighted by molar-refractivity contribution is -0.133. The molecule has 9 heteroatoms. The molecule has 1 fully saturated rings. The lowest BCUT2D eigenvalue weighted by atomic mass is 9.94. The van der Waals surface area contributed by atoms with Crippen molar-refractivity contribution in [1.82, 2.24) is 25.1 Å². The summed E-state index contributed by atoms with van der Waals surface area (Å²) in [7, 11) is 0. The second-order valence-corrected chi connectivity index (χ2v) is 8.62. The fraction of sp³-hybridized carbons (Fsp3) is 0.478. The molecule has 2 heterocycles. The predicted octanol–water partition coefficient (Wildman–Crippen LogP) is 2.25. The van der Waals surface area contributed by atoms with Crippen LogP contribution in [0.2, 0.25) is 0 Å². The Kier molecular flexibility index (Phi) is 5.99. The maximum Gasteiger partial charge on any atom is 0.273 e.